The maximum atomic E-state index is 12.0. The Hall–Kier alpha value is -3.28. The number of hydrogen-bond acceptors (Lipinski definition) is 4. The van der Waals surface area contributed by atoms with Gasteiger partial charge in [0.15, 0.2) is 5.82 Å². The van der Waals surface area contributed by atoms with E-state index in [2.05, 4.69) is 20.8 Å². The van der Waals surface area contributed by atoms with Crippen LogP contribution in [0.5, 0.6) is 5.75 Å². The molecule has 2 heterocycles. The first-order chi connectivity index (χ1) is 11.7. The van der Waals surface area contributed by atoms with E-state index in [-0.39, 0.29) is 17.6 Å². The lowest BCUT2D eigenvalue weighted by Crippen LogP contribution is -2.23. The number of hydrogen-bond donors (Lipinski definition) is 4. The van der Waals surface area contributed by atoms with Gasteiger partial charge < -0.3 is 15.7 Å². The molecule has 6 nitrogen and oxygen atoms in total. The number of nitrogens with zero attached hydrogens (tertiary/aromatic N) is 1. The molecule has 24 heavy (non-hydrogen) atoms. The predicted octanol–water partition coefficient (Wildman–Crippen LogP) is 3.33. The Balaban J connectivity index is 1.75. The van der Waals surface area contributed by atoms with Crippen LogP contribution in [0.1, 0.15) is 23.5 Å². The third-order valence-corrected chi connectivity index (χ3v) is 4.14. The number of fused-ring (bicyclic) bond motifs is 1. The van der Waals surface area contributed by atoms with Crippen LogP contribution in [0.25, 0.3) is 0 Å². The summed E-state index contributed by atoms with van der Waals surface area (Å²) in [7, 11) is 0. The molecule has 1 atom stereocenters. The molecular formula is C18H16N4O2. The smallest absolute Gasteiger partial charge is 0.226 e. The fraction of sp³-hybridized carbons (Fsp3) is 0.111. The Labute approximate surface area is 138 Å². The maximum Gasteiger partial charge on any atom is 0.226 e. The molecule has 1 aromatic heterocycles. The van der Waals surface area contributed by atoms with Gasteiger partial charge in [0.05, 0.1) is 0 Å². The van der Waals surface area contributed by atoms with E-state index >= 15 is 0 Å². The first-order valence-electron chi connectivity index (χ1n) is 7.70. The normalized spacial score (nSPS) is 16.3. The SMILES string of the molecule is O=C1C[C@@H](c2ccc(O)cc2)c2c(n[nH]c2Nc2ccccc2)N1. The fourth-order valence-corrected chi connectivity index (χ4v) is 3.01. The van der Waals surface area contributed by atoms with Crippen molar-refractivity contribution < 1.29 is 9.90 Å². The van der Waals surface area contributed by atoms with Crippen molar-refractivity contribution >= 4 is 23.2 Å². The van der Waals surface area contributed by atoms with Gasteiger partial charge in [-0.2, -0.15) is 5.10 Å². The lowest BCUT2D eigenvalue weighted by atomic mass is 9.86. The Morgan fingerprint density at radius 2 is 1.83 bits per heavy atom. The highest BCUT2D eigenvalue weighted by molar-refractivity contribution is 5.95. The minimum Gasteiger partial charge on any atom is -0.508 e. The van der Waals surface area contributed by atoms with Gasteiger partial charge in [0.25, 0.3) is 0 Å². The highest BCUT2D eigenvalue weighted by Gasteiger charge is 2.31. The summed E-state index contributed by atoms with van der Waals surface area (Å²) in [6, 6.07) is 16.7. The summed E-state index contributed by atoms with van der Waals surface area (Å²) < 4.78 is 0. The van der Waals surface area contributed by atoms with Crippen molar-refractivity contribution in [3.05, 3.63) is 65.7 Å². The number of aromatic nitrogens is 2. The molecule has 3 aromatic rings. The van der Waals surface area contributed by atoms with Crippen LogP contribution in [0.2, 0.25) is 0 Å². The van der Waals surface area contributed by atoms with Crippen LogP contribution >= 0.6 is 0 Å². The van der Waals surface area contributed by atoms with E-state index in [1.165, 1.54) is 0 Å². The van der Waals surface area contributed by atoms with E-state index in [0.29, 0.717) is 12.2 Å². The number of benzene rings is 2. The average molecular weight is 320 g/mol. The van der Waals surface area contributed by atoms with Crippen LogP contribution in [0, 0.1) is 0 Å². The maximum absolute atomic E-state index is 12.0. The fourth-order valence-electron chi connectivity index (χ4n) is 3.01. The van der Waals surface area contributed by atoms with Crippen molar-refractivity contribution in [1.82, 2.24) is 10.2 Å². The number of aromatic hydroxyl groups is 1. The van der Waals surface area contributed by atoms with Crippen LogP contribution in [0.4, 0.5) is 17.3 Å². The number of phenolic OH excluding ortho intramolecular Hbond substituents is 1. The Morgan fingerprint density at radius 1 is 1.08 bits per heavy atom. The van der Waals surface area contributed by atoms with Gasteiger partial charge in [0.1, 0.15) is 11.6 Å². The average Bonchev–Trinajstić information content (AvgIpc) is 2.98. The number of carbonyl (C=O) groups is 1. The van der Waals surface area contributed by atoms with Gasteiger partial charge in [-0.25, -0.2) is 0 Å². The van der Waals surface area contributed by atoms with Gasteiger partial charge in [0.2, 0.25) is 5.91 Å². The topological polar surface area (TPSA) is 90.0 Å². The van der Waals surface area contributed by atoms with Crippen molar-refractivity contribution in [3.63, 3.8) is 0 Å². The summed E-state index contributed by atoms with van der Waals surface area (Å²) in [5.41, 5.74) is 2.82. The van der Waals surface area contributed by atoms with Crippen molar-refractivity contribution in [2.24, 2.45) is 0 Å². The summed E-state index contributed by atoms with van der Waals surface area (Å²) in [6.07, 6.45) is 0.334. The minimum absolute atomic E-state index is 0.0710. The summed E-state index contributed by atoms with van der Waals surface area (Å²) >= 11 is 0. The van der Waals surface area contributed by atoms with Gasteiger partial charge in [-0.15, -0.1) is 0 Å². The molecule has 4 N–H and O–H groups in total. The molecule has 0 fully saturated rings. The number of nitrogens with one attached hydrogen (secondary N) is 3. The molecule has 6 heteroatoms. The van der Waals surface area contributed by atoms with Gasteiger partial charge in [-0.05, 0) is 29.8 Å². The van der Waals surface area contributed by atoms with Gasteiger partial charge >= 0.3 is 0 Å². The summed E-state index contributed by atoms with van der Waals surface area (Å²) in [5, 5.41) is 22.8. The molecule has 120 valence electrons. The minimum atomic E-state index is -0.126. The number of rotatable bonds is 3. The van der Waals surface area contributed by atoms with Crippen LogP contribution in [-0.4, -0.2) is 21.2 Å². The van der Waals surface area contributed by atoms with Crippen LogP contribution < -0.4 is 10.6 Å². The number of anilines is 3. The number of H-pyrrole nitrogens is 1. The molecule has 0 unspecified atom stereocenters. The molecule has 0 bridgehead atoms. The molecule has 4 rings (SSSR count). The van der Waals surface area contributed by atoms with Gasteiger partial charge in [-0.3, -0.25) is 9.89 Å². The second-order valence-corrected chi connectivity index (χ2v) is 5.75. The van der Waals surface area contributed by atoms with Crippen molar-refractivity contribution in [2.75, 3.05) is 10.6 Å². The van der Waals surface area contributed by atoms with Crippen LogP contribution in [-0.2, 0) is 4.79 Å². The number of phenols is 1. The largest absolute Gasteiger partial charge is 0.508 e. The molecule has 0 radical (unpaired) electrons. The van der Waals surface area contributed by atoms with Crippen LogP contribution in [0.15, 0.2) is 54.6 Å². The van der Waals surface area contributed by atoms with E-state index in [0.717, 1.165) is 22.6 Å². The molecule has 2 aromatic carbocycles. The summed E-state index contributed by atoms with van der Waals surface area (Å²) in [4.78, 5) is 12.0. The second kappa shape index (κ2) is 5.73. The van der Waals surface area contributed by atoms with E-state index in [4.69, 9.17) is 0 Å². The quantitative estimate of drug-likeness (QED) is 0.596. The standard InChI is InChI=1S/C18H16N4O2/c23-13-8-6-11(7-9-13)14-10-15(24)20-18-16(14)17(21-22-18)19-12-4-2-1-3-5-12/h1-9,14,23H,10H2,(H3,19,20,21,22,24)/t14-/m0/s1. The number of para-hydroxylation sites is 1. The zero-order valence-corrected chi connectivity index (χ0v) is 12.8. The monoisotopic (exact) mass is 320 g/mol. The Morgan fingerprint density at radius 3 is 2.58 bits per heavy atom. The van der Waals surface area contributed by atoms with Gasteiger partial charge in [-0.1, -0.05) is 30.3 Å². The number of aromatic amines is 1. The lowest BCUT2D eigenvalue weighted by Gasteiger charge is -2.23. The van der Waals surface area contributed by atoms with Crippen molar-refractivity contribution in [2.45, 2.75) is 12.3 Å². The number of carbonyl (C=O) groups excluding carboxylic acids is 1. The highest BCUT2D eigenvalue weighted by Crippen LogP contribution is 2.41. The third kappa shape index (κ3) is 2.58. The Bertz CT molecular complexity index is 872. The first-order valence-corrected chi connectivity index (χ1v) is 7.70. The van der Waals surface area contributed by atoms with E-state index in [1.54, 1.807) is 12.1 Å². The number of amides is 1. The predicted molar refractivity (Wildman–Crippen MR) is 91.5 cm³/mol. The molecule has 1 aliphatic heterocycles. The van der Waals surface area contributed by atoms with Crippen LogP contribution in [0.3, 0.4) is 0 Å². The van der Waals surface area contributed by atoms with E-state index in [9.17, 15) is 9.90 Å². The zero-order chi connectivity index (χ0) is 16.5. The van der Waals surface area contributed by atoms with Gasteiger partial charge in [0, 0.05) is 23.6 Å². The Kier molecular flexibility index (Phi) is 3.42. The molecule has 1 aliphatic rings. The second-order valence-electron chi connectivity index (χ2n) is 5.75. The van der Waals surface area contributed by atoms with E-state index in [1.807, 2.05) is 42.5 Å². The molecular weight excluding hydrogens is 304 g/mol. The summed E-state index contributed by atoms with van der Waals surface area (Å²) in [6.45, 7) is 0. The highest BCUT2D eigenvalue weighted by atomic mass is 16.3. The van der Waals surface area contributed by atoms with Crippen molar-refractivity contribution in [3.8, 4) is 5.75 Å². The molecule has 0 saturated heterocycles. The van der Waals surface area contributed by atoms with Crippen molar-refractivity contribution in [1.29, 1.82) is 0 Å². The first kappa shape index (κ1) is 14.3. The molecule has 0 aliphatic carbocycles. The summed E-state index contributed by atoms with van der Waals surface area (Å²) in [5.74, 6) is 1.31. The molecule has 1 amide bonds. The zero-order valence-electron chi connectivity index (χ0n) is 12.8. The molecule has 0 spiro atoms. The third-order valence-electron chi connectivity index (χ3n) is 4.14. The molecule has 0 saturated carbocycles. The lowest BCUT2D eigenvalue weighted by molar-refractivity contribution is -0.116. The van der Waals surface area contributed by atoms with E-state index < -0.39 is 0 Å².